The first-order valence-electron chi connectivity index (χ1n) is 13.9. The lowest BCUT2D eigenvalue weighted by Gasteiger charge is -2.28. The number of H-pyrrole nitrogens is 2. The standard InChI is InChI=1S/C32H34N8/c1-3-22(20-33-21-23-11-7-5-8-12-23)19-24(4-2)25-13-14-26-28(35-25)30(39-38-26)32-36-29-27(15-16-34-31(29)37-32)40-17-9-6-10-18-40/h3-5,7-8,11-16,19,33H,1,6,9-10,17-18,20-21H2,2H3,(H,38,39)(H,34,36,37)/b22-19+,24-4+. The maximum absolute atomic E-state index is 5.03. The molecule has 8 heteroatoms. The van der Waals surface area contributed by atoms with Gasteiger partial charge in [-0.2, -0.15) is 5.10 Å². The lowest BCUT2D eigenvalue weighted by Crippen LogP contribution is -2.29. The van der Waals surface area contributed by atoms with Crippen LogP contribution in [0.1, 0.15) is 37.4 Å². The van der Waals surface area contributed by atoms with Gasteiger partial charge in [-0.15, -0.1) is 0 Å². The van der Waals surface area contributed by atoms with Crippen LogP contribution in [0.25, 0.3) is 39.3 Å². The first-order valence-corrected chi connectivity index (χ1v) is 13.9. The Hall–Kier alpha value is -4.56. The van der Waals surface area contributed by atoms with Gasteiger partial charge in [0.05, 0.1) is 16.9 Å². The van der Waals surface area contributed by atoms with Crippen LogP contribution in [-0.2, 0) is 6.54 Å². The molecule has 0 radical (unpaired) electrons. The maximum atomic E-state index is 5.03. The van der Waals surface area contributed by atoms with Crippen molar-refractivity contribution in [3.63, 3.8) is 0 Å². The number of pyridine rings is 2. The van der Waals surface area contributed by atoms with Crippen molar-refractivity contribution in [2.75, 3.05) is 24.5 Å². The van der Waals surface area contributed by atoms with Gasteiger partial charge in [-0.3, -0.25) is 5.10 Å². The van der Waals surface area contributed by atoms with Crippen LogP contribution in [0.4, 0.5) is 5.69 Å². The predicted molar refractivity (Wildman–Crippen MR) is 163 cm³/mol. The van der Waals surface area contributed by atoms with E-state index in [4.69, 9.17) is 9.97 Å². The van der Waals surface area contributed by atoms with Gasteiger partial charge in [-0.25, -0.2) is 15.0 Å². The van der Waals surface area contributed by atoms with Crippen LogP contribution in [0.3, 0.4) is 0 Å². The van der Waals surface area contributed by atoms with E-state index in [0.717, 1.165) is 58.7 Å². The molecule has 1 aromatic carbocycles. The largest absolute Gasteiger partial charge is 0.370 e. The highest BCUT2D eigenvalue weighted by Crippen LogP contribution is 2.31. The van der Waals surface area contributed by atoms with E-state index in [2.05, 4.69) is 79.4 Å². The van der Waals surface area contributed by atoms with Crippen LogP contribution < -0.4 is 10.2 Å². The van der Waals surface area contributed by atoms with E-state index < -0.39 is 0 Å². The van der Waals surface area contributed by atoms with E-state index in [1.54, 1.807) is 0 Å². The van der Waals surface area contributed by atoms with Crippen LogP contribution in [0.15, 0.2) is 85.1 Å². The molecule has 40 heavy (non-hydrogen) atoms. The molecule has 1 aliphatic heterocycles. The average Bonchev–Trinajstić information content (AvgIpc) is 3.63. The molecule has 0 aliphatic carbocycles. The summed E-state index contributed by atoms with van der Waals surface area (Å²) < 4.78 is 0. The normalized spacial score (nSPS) is 14.8. The Morgan fingerprint density at radius 1 is 1.05 bits per heavy atom. The molecule has 1 fully saturated rings. The van der Waals surface area contributed by atoms with E-state index in [1.807, 2.05) is 37.4 Å². The Labute approximate surface area is 234 Å². The van der Waals surface area contributed by atoms with Gasteiger partial charge >= 0.3 is 0 Å². The quantitative estimate of drug-likeness (QED) is 0.197. The topological polar surface area (TPSA) is 98.4 Å². The molecule has 8 nitrogen and oxygen atoms in total. The second kappa shape index (κ2) is 11.7. The highest BCUT2D eigenvalue weighted by Gasteiger charge is 2.20. The van der Waals surface area contributed by atoms with Crippen molar-refractivity contribution < 1.29 is 0 Å². The zero-order valence-electron chi connectivity index (χ0n) is 22.8. The number of piperidine rings is 1. The average molecular weight is 531 g/mol. The number of fused-ring (bicyclic) bond motifs is 2. The van der Waals surface area contributed by atoms with Crippen LogP contribution in [0.5, 0.6) is 0 Å². The van der Waals surface area contributed by atoms with Crippen molar-refractivity contribution in [3.05, 3.63) is 96.4 Å². The number of nitrogens with one attached hydrogen (secondary N) is 3. The van der Waals surface area contributed by atoms with E-state index in [-0.39, 0.29) is 0 Å². The molecular formula is C32H34N8. The molecule has 0 amide bonds. The molecule has 6 rings (SSSR count). The molecule has 3 N–H and O–H groups in total. The summed E-state index contributed by atoms with van der Waals surface area (Å²) >= 11 is 0. The summed E-state index contributed by atoms with van der Waals surface area (Å²) in [6.07, 6.45) is 11.6. The number of aromatic amines is 2. The fourth-order valence-corrected chi connectivity index (χ4v) is 5.27. The minimum Gasteiger partial charge on any atom is -0.370 e. The summed E-state index contributed by atoms with van der Waals surface area (Å²) in [7, 11) is 0. The zero-order chi connectivity index (χ0) is 27.3. The third kappa shape index (κ3) is 5.31. The van der Waals surface area contributed by atoms with Crippen LogP contribution >= 0.6 is 0 Å². The van der Waals surface area contributed by atoms with Crippen molar-refractivity contribution >= 4 is 33.5 Å². The van der Waals surface area contributed by atoms with E-state index in [0.29, 0.717) is 23.7 Å². The van der Waals surface area contributed by atoms with Crippen LogP contribution in [-0.4, -0.2) is 49.8 Å². The molecule has 1 aliphatic rings. The molecule has 0 atom stereocenters. The van der Waals surface area contributed by atoms with E-state index >= 15 is 0 Å². The fourth-order valence-electron chi connectivity index (χ4n) is 5.27. The minimum absolute atomic E-state index is 0.664. The van der Waals surface area contributed by atoms with Gasteiger partial charge in [-0.1, -0.05) is 49.1 Å². The number of imidazole rings is 1. The molecule has 0 bridgehead atoms. The Balaban J connectivity index is 1.28. The number of hydrogen-bond donors (Lipinski definition) is 3. The number of nitrogens with zero attached hydrogens (tertiary/aromatic N) is 5. The number of allylic oxidation sites excluding steroid dienone is 3. The molecule has 5 heterocycles. The van der Waals surface area contributed by atoms with Gasteiger partial charge in [0.15, 0.2) is 17.2 Å². The smallest absolute Gasteiger partial charge is 0.180 e. The summed E-state index contributed by atoms with van der Waals surface area (Å²) in [5.74, 6) is 0.664. The zero-order valence-corrected chi connectivity index (χ0v) is 22.8. The van der Waals surface area contributed by atoms with Crippen molar-refractivity contribution in [2.24, 2.45) is 0 Å². The molecule has 0 spiro atoms. The van der Waals surface area contributed by atoms with Gasteiger partial charge in [-0.05, 0) is 67.2 Å². The second-order valence-electron chi connectivity index (χ2n) is 10.1. The van der Waals surface area contributed by atoms with Crippen molar-refractivity contribution in [1.29, 1.82) is 0 Å². The molecule has 4 aromatic heterocycles. The highest BCUT2D eigenvalue weighted by atomic mass is 15.2. The third-order valence-corrected chi connectivity index (χ3v) is 7.41. The summed E-state index contributed by atoms with van der Waals surface area (Å²) in [4.78, 5) is 20.3. The summed E-state index contributed by atoms with van der Waals surface area (Å²) in [6.45, 7) is 9.67. The summed E-state index contributed by atoms with van der Waals surface area (Å²) in [5.41, 5.74) is 9.33. The van der Waals surface area contributed by atoms with Crippen LogP contribution in [0, 0.1) is 0 Å². The Bertz CT molecular complexity index is 1690. The summed E-state index contributed by atoms with van der Waals surface area (Å²) in [5, 5.41) is 11.2. The van der Waals surface area contributed by atoms with Gasteiger partial charge < -0.3 is 15.2 Å². The monoisotopic (exact) mass is 530 g/mol. The molecular weight excluding hydrogens is 496 g/mol. The molecule has 202 valence electrons. The highest BCUT2D eigenvalue weighted by molar-refractivity contribution is 5.93. The molecule has 1 saturated heterocycles. The number of hydrogen-bond acceptors (Lipinski definition) is 6. The lowest BCUT2D eigenvalue weighted by atomic mass is 10.1. The Morgan fingerprint density at radius 2 is 1.90 bits per heavy atom. The lowest BCUT2D eigenvalue weighted by molar-refractivity contribution is 0.578. The summed E-state index contributed by atoms with van der Waals surface area (Å²) in [6, 6.07) is 16.5. The molecule has 0 saturated carbocycles. The van der Waals surface area contributed by atoms with Gasteiger partial charge in [0.25, 0.3) is 0 Å². The first-order chi connectivity index (χ1) is 19.7. The number of aromatic nitrogens is 6. The molecule has 0 unspecified atom stereocenters. The van der Waals surface area contributed by atoms with Crippen molar-refractivity contribution in [3.8, 4) is 11.5 Å². The fraction of sp³-hybridized carbons (Fsp3) is 0.250. The van der Waals surface area contributed by atoms with Gasteiger partial charge in [0.1, 0.15) is 11.0 Å². The van der Waals surface area contributed by atoms with Crippen molar-refractivity contribution in [2.45, 2.75) is 32.7 Å². The van der Waals surface area contributed by atoms with E-state index in [1.165, 1.54) is 24.8 Å². The minimum atomic E-state index is 0.664. The maximum Gasteiger partial charge on any atom is 0.180 e. The predicted octanol–water partition coefficient (Wildman–Crippen LogP) is 6.19. The van der Waals surface area contributed by atoms with E-state index in [9.17, 15) is 0 Å². The number of anilines is 1. The Morgan fingerprint density at radius 3 is 2.70 bits per heavy atom. The SMILES string of the molecule is C=C/C(=C\C(=C/C)c1ccc2[nH]nc(-c3nc4nccc(N5CCCCC5)c4[nH]3)c2n1)CNCc1ccccc1. The molecule has 5 aromatic rings. The van der Waals surface area contributed by atoms with Gasteiger partial charge in [0, 0.05) is 32.4 Å². The van der Waals surface area contributed by atoms with Crippen LogP contribution in [0.2, 0.25) is 0 Å². The van der Waals surface area contributed by atoms with Crippen molar-refractivity contribution in [1.82, 2.24) is 35.5 Å². The first kappa shape index (κ1) is 25.7. The van der Waals surface area contributed by atoms with Gasteiger partial charge in [0.2, 0.25) is 0 Å². The third-order valence-electron chi connectivity index (χ3n) is 7.41. The number of benzene rings is 1. The number of rotatable bonds is 9. The Kier molecular flexibility index (Phi) is 7.50. The second-order valence-corrected chi connectivity index (χ2v) is 10.1.